The van der Waals surface area contributed by atoms with E-state index in [9.17, 15) is 33.6 Å². The van der Waals surface area contributed by atoms with Crippen LogP contribution in [0.15, 0.2) is 24.3 Å². The molecule has 25 heteroatoms. The predicted molar refractivity (Wildman–Crippen MR) is 244 cm³/mol. The van der Waals surface area contributed by atoms with E-state index in [1.165, 1.54) is 7.05 Å². The quantitative estimate of drug-likeness (QED) is 0.0378. The van der Waals surface area contributed by atoms with E-state index in [1.807, 2.05) is 0 Å². The van der Waals surface area contributed by atoms with Crippen molar-refractivity contribution < 1.29 is 80.9 Å². The molecule has 0 aliphatic rings. The van der Waals surface area contributed by atoms with Crippen LogP contribution in [0, 0.1) is 0 Å². The molecule has 68 heavy (non-hydrogen) atoms. The third kappa shape index (κ3) is 36.8. The molecule has 388 valence electrons. The van der Waals surface area contributed by atoms with Crippen molar-refractivity contribution in [2.75, 3.05) is 157 Å². The molecule has 1 unspecified atom stereocenters. The summed E-state index contributed by atoms with van der Waals surface area (Å²) in [5.74, 6) is -2.96. The SMILES string of the molecule is CCCOCCOCCOCCOCCOCCOCCOCCOCCOCCC(=O)NCC(=O)NC(CCCNC(N)=O)C(=O)NCC(=O)N(C)CC(=O)Nc1ccc(COC(N)=O)cc1. The predicted octanol–water partition coefficient (Wildman–Crippen LogP) is -1.21. The van der Waals surface area contributed by atoms with Gasteiger partial charge in [0.05, 0.1) is 132 Å². The Balaban J connectivity index is 2.13. The summed E-state index contributed by atoms with van der Waals surface area (Å²) >= 11 is 0. The zero-order valence-corrected chi connectivity index (χ0v) is 39.5. The number of amides is 8. The van der Waals surface area contributed by atoms with Crippen LogP contribution in [-0.2, 0) is 77.9 Å². The molecule has 1 aromatic carbocycles. The number of anilines is 1. The topological polar surface area (TPSA) is 327 Å². The number of urea groups is 1. The van der Waals surface area contributed by atoms with Crippen molar-refractivity contribution in [3.63, 3.8) is 0 Å². The van der Waals surface area contributed by atoms with Crippen molar-refractivity contribution in [2.45, 2.75) is 45.3 Å². The van der Waals surface area contributed by atoms with Crippen LogP contribution in [0.3, 0.4) is 0 Å². The van der Waals surface area contributed by atoms with E-state index < -0.39 is 60.8 Å². The largest absolute Gasteiger partial charge is 0.445 e. The summed E-state index contributed by atoms with van der Waals surface area (Å²) in [7, 11) is 1.37. The molecule has 0 aliphatic heterocycles. The van der Waals surface area contributed by atoms with Gasteiger partial charge in [0.2, 0.25) is 29.5 Å². The Bertz CT molecular complexity index is 1550. The lowest BCUT2D eigenvalue weighted by Crippen LogP contribution is -2.51. The minimum absolute atomic E-state index is 0.0334. The van der Waals surface area contributed by atoms with Crippen LogP contribution in [0.4, 0.5) is 15.3 Å². The van der Waals surface area contributed by atoms with E-state index in [4.69, 9.17) is 58.8 Å². The van der Waals surface area contributed by atoms with Crippen LogP contribution in [-0.4, -0.2) is 205 Å². The van der Waals surface area contributed by atoms with Crippen molar-refractivity contribution in [1.82, 2.24) is 26.2 Å². The first-order valence-corrected chi connectivity index (χ1v) is 22.5. The second-order valence-corrected chi connectivity index (χ2v) is 14.4. The lowest BCUT2D eigenvalue weighted by Gasteiger charge is -2.21. The fraction of sp³-hybridized carbons (Fsp3) is 0.698. The first kappa shape index (κ1) is 60.8. The van der Waals surface area contributed by atoms with Gasteiger partial charge in [-0.05, 0) is 37.0 Å². The fourth-order valence-electron chi connectivity index (χ4n) is 5.23. The van der Waals surface area contributed by atoms with Gasteiger partial charge in [-0.2, -0.15) is 0 Å². The van der Waals surface area contributed by atoms with Crippen LogP contribution in [0.2, 0.25) is 0 Å². The number of rotatable bonds is 44. The lowest BCUT2D eigenvalue weighted by molar-refractivity contribution is -0.135. The number of hydrogen-bond acceptors (Lipinski definition) is 17. The summed E-state index contributed by atoms with van der Waals surface area (Å²) in [5, 5.41) is 12.4. The van der Waals surface area contributed by atoms with Crippen molar-refractivity contribution in [1.29, 1.82) is 0 Å². The highest BCUT2D eigenvalue weighted by Crippen LogP contribution is 2.10. The number of hydrogen-bond donors (Lipinski definition) is 7. The van der Waals surface area contributed by atoms with Gasteiger partial charge in [0, 0.05) is 32.3 Å². The van der Waals surface area contributed by atoms with E-state index in [0.29, 0.717) is 104 Å². The second kappa shape index (κ2) is 41.9. The van der Waals surface area contributed by atoms with Gasteiger partial charge in [-0.1, -0.05) is 19.1 Å². The number of primary amides is 2. The van der Waals surface area contributed by atoms with E-state index in [1.54, 1.807) is 24.3 Å². The number of benzene rings is 1. The number of carbonyl (C=O) groups is 7. The maximum atomic E-state index is 13.0. The molecule has 0 radical (unpaired) electrons. The molecule has 8 amide bonds. The van der Waals surface area contributed by atoms with E-state index in [-0.39, 0.29) is 58.8 Å². The highest BCUT2D eigenvalue weighted by atomic mass is 16.6. The van der Waals surface area contributed by atoms with E-state index in [0.717, 1.165) is 17.9 Å². The summed E-state index contributed by atoms with van der Waals surface area (Å²) < 4.78 is 53.6. The van der Waals surface area contributed by atoms with Gasteiger partial charge in [0.25, 0.3) is 0 Å². The summed E-state index contributed by atoms with van der Waals surface area (Å²) in [4.78, 5) is 86.2. The van der Waals surface area contributed by atoms with Crippen molar-refractivity contribution >= 4 is 47.3 Å². The van der Waals surface area contributed by atoms with Crippen LogP contribution in [0.25, 0.3) is 0 Å². The molecule has 0 fully saturated rings. The summed E-state index contributed by atoms with van der Waals surface area (Å²) in [5.41, 5.74) is 11.1. The number of carbonyl (C=O) groups excluding carboxylic acids is 7. The molecule has 1 rings (SSSR count). The minimum atomic E-state index is -1.13. The van der Waals surface area contributed by atoms with Gasteiger partial charge in [-0.25, -0.2) is 9.59 Å². The van der Waals surface area contributed by atoms with Crippen LogP contribution >= 0.6 is 0 Å². The maximum absolute atomic E-state index is 13.0. The van der Waals surface area contributed by atoms with Gasteiger partial charge in [0.15, 0.2) is 0 Å². The number of nitrogens with zero attached hydrogens (tertiary/aromatic N) is 1. The van der Waals surface area contributed by atoms with Crippen LogP contribution in [0.1, 0.15) is 38.2 Å². The molecule has 0 bridgehead atoms. The zero-order chi connectivity index (χ0) is 49.9. The molecule has 0 saturated carbocycles. The summed E-state index contributed by atoms with van der Waals surface area (Å²) in [6, 6.07) is 4.50. The van der Waals surface area contributed by atoms with Crippen molar-refractivity contribution in [3.8, 4) is 0 Å². The molecule has 25 nitrogen and oxygen atoms in total. The molecule has 1 atom stereocenters. The van der Waals surface area contributed by atoms with Gasteiger partial charge >= 0.3 is 12.1 Å². The lowest BCUT2D eigenvalue weighted by atomic mass is 10.1. The average Bonchev–Trinajstić information content (AvgIpc) is 3.31. The summed E-state index contributed by atoms with van der Waals surface area (Å²) in [6.07, 6.45) is 0.344. The highest BCUT2D eigenvalue weighted by molar-refractivity contribution is 5.96. The maximum Gasteiger partial charge on any atom is 0.404 e. The van der Waals surface area contributed by atoms with Crippen LogP contribution < -0.4 is 38.1 Å². The number of nitrogens with one attached hydrogen (secondary N) is 5. The standard InChI is InChI=1S/C43H74N8O17/c1-3-12-59-14-16-61-18-20-63-22-24-65-26-28-67-29-27-66-25-23-64-21-19-62-17-15-60-13-10-37(52)47-30-38(53)50-36(5-4-11-46-42(44)57)41(56)48-31-40(55)51(2)32-39(54)49-35-8-6-34(7-9-35)33-68-43(45)58/h6-9,36H,3-5,10-33H2,1-2H3,(H2,45,58)(H,47,52)(H,48,56)(H,49,54)(H,50,53)(H3,44,46,57). The first-order valence-electron chi connectivity index (χ1n) is 22.5. The normalized spacial score (nSPS) is 11.3. The zero-order valence-electron chi connectivity index (χ0n) is 39.5. The molecule has 0 spiro atoms. The first-order chi connectivity index (χ1) is 32.9. The van der Waals surface area contributed by atoms with Crippen molar-refractivity contribution in [3.05, 3.63) is 29.8 Å². The molecule has 0 heterocycles. The smallest absolute Gasteiger partial charge is 0.404 e. The summed E-state index contributed by atoms with van der Waals surface area (Å²) in [6.45, 7) is 8.72. The third-order valence-corrected chi connectivity index (χ3v) is 8.70. The van der Waals surface area contributed by atoms with E-state index in [2.05, 4.69) is 33.5 Å². The third-order valence-electron chi connectivity index (χ3n) is 8.70. The molecular weight excluding hydrogens is 901 g/mol. The molecule has 1 aromatic rings. The van der Waals surface area contributed by atoms with Gasteiger partial charge < -0.3 is 90.3 Å². The molecule has 0 saturated heterocycles. The van der Waals surface area contributed by atoms with E-state index >= 15 is 0 Å². The van der Waals surface area contributed by atoms with Crippen molar-refractivity contribution in [2.24, 2.45) is 11.5 Å². The van der Waals surface area contributed by atoms with Crippen LogP contribution in [0.5, 0.6) is 0 Å². The Morgan fingerprint density at radius 1 is 0.574 bits per heavy atom. The van der Waals surface area contributed by atoms with Gasteiger partial charge in [-0.3, -0.25) is 24.0 Å². The number of ether oxygens (including phenoxy) is 10. The average molecular weight is 975 g/mol. The molecular formula is C43H74N8O17. The van der Waals surface area contributed by atoms with Gasteiger partial charge in [-0.15, -0.1) is 0 Å². The second-order valence-electron chi connectivity index (χ2n) is 14.4. The fourth-order valence-corrected chi connectivity index (χ4v) is 5.23. The molecule has 9 N–H and O–H groups in total. The minimum Gasteiger partial charge on any atom is -0.445 e. The van der Waals surface area contributed by atoms with Gasteiger partial charge in [0.1, 0.15) is 12.6 Å². The number of likely N-dealkylation sites (N-methyl/N-ethyl adjacent to an activating group) is 1. The monoisotopic (exact) mass is 975 g/mol. The molecule has 0 aliphatic carbocycles. The Morgan fingerprint density at radius 3 is 1.50 bits per heavy atom. The number of nitrogens with two attached hydrogens (primary N) is 2. The Kier molecular flexibility index (Phi) is 37.4. The highest BCUT2D eigenvalue weighted by Gasteiger charge is 2.23. The Hall–Kier alpha value is -5.25. The molecule has 0 aromatic heterocycles. The Morgan fingerprint density at radius 2 is 1.04 bits per heavy atom. The Labute approximate surface area is 397 Å².